The Morgan fingerprint density at radius 2 is 2.35 bits per heavy atom. The van der Waals surface area contributed by atoms with Crippen molar-refractivity contribution in [2.24, 2.45) is 0 Å². The van der Waals surface area contributed by atoms with Crippen molar-refractivity contribution in [3.05, 3.63) is 22.9 Å². The molecule has 0 atom stereocenters. The second-order valence-corrected chi connectivity index (χ2v) is 3.07. The summed E-state index contributed by atoms with van der Waals surface area (Å²) in [6, 6.07) is 2.71. The molecule has 0 saturated carbocycles. The maximum Gasteiger partial charge on any atom is 0.307 e. The summed E-state index contributed by atoms with van der Waals surface area (Å²) in [6.07, 6.45) is -3.51. The molecule has 90 valence electrons. The number of hydrogen-bond acceptors (Lipinski definition) is 4. The quantitative estimate of drug-likeness (QED) is 0.865. The van der Waals surface area contributed by atoms with Gasteiger partial charge in [0.1, 0.15) is 11.8 Å². The fourth-order valence-electron chi connectivity index (χ4n) is 1.29. The lowest BCUT2D eigenvalue weighted by atomic mass is 10.0. The highest BCUT2D eigenvalue weighted by molar-refractivity contribution is 5.71. The number of aliphatic carboxylic acids is 1. The lowest BCUT2D eigenvalue weighted by Crippen LogP contribution is -2.07. The summed E-state index contributed by atoms with van der Waals surface area (Å²) in [6.45, 7) is 0. The molecule has 0 radical (unpaired) electrons. The van der Waals surface area contributed by atoms with E-state index >= 15 is 0 Å². The van der Waals surface area contributed by atoms with Crippen molar-refractivity contribution >= 4 is 5.97 Å². The SMILES string of the molecule is COc1cc(CC(=O)O)c(C#N)c(C(F)F)n1. The van der Waals surface area contributed by atoms with Crippen LogP contribution in [0, 0.1) is 11.3 Å². The van der Waals surface area contributed by atoms with Gasteiger partial charge in [0.05, 0.1) is 19.1 Å². The molecule has 0 bridgehead atoms. The summed E-state index contributed by atoms with van der Waals surface area (Å²) in [7, 11) is 1.22. The zero-order chi connectivity index (χ0) is 13.0. The number of carboxylic acid groups (broad SMARTS) is 1. The van der Waals surface area contributed by atoms with Gasteiger partial charge in [0.2, 0.25) is 5.88 Å². The Morgan fingerprint density at radius 3 is 2.76 bits per heavy atom. The first kappa shape index (κ1) is 12.8. The monoisotopic (exact) mass is 242 g/mol. The molecule has 7 heteroatoms. The summed E-state index contributed by atoms with van der Waals surface area (Å²) >= 11 is 0. The largest absolute Gasteiger partial charge is 0.481 e. The second-order valence-electron chi connectivity index (χ2n) is 3.07. The third-order valence-electron chi connectivity index (χ3n) is 1.97. The molecule has 5 nitrogen and oxygen atoms in total. The molecule has 1 rings (SSSR count). The molecule has 1 N–H and O–H groups in total. The molecule has 0 spiro atoms. The minimum Gasteiger partial charge on any atom is -0.481 e. The average molecular weight is 242 g/mol. The highest BCUT2D eigenvalue weighted by Crippen LogP contribution is 2.26. The summed E-state index contributed by atoms with van der Waals surface area (Å²) < 4.78 is 29.9. The van der Waals surface area contributed by atoms with Crippen LogP contribution < -0.4 is 4.74 Å². The van der Waals surface area contributed by atoms with Gasteiger partial charge in [-0.1, -0.05) is 0 Å². The highest BCUT2D eigenvalue weighted by Gasteiger charge is 2.21. The van der Waals surface area contributed by atoms with Crippen molar-refractivity contribution in [2.45, 2.75) is 12.8 Å². The highest BCUT2D eigenvalue weighted by atomic mass is 19.3. The standard InChI is InChI=1S/C10H8F2N2O3/c1-17-7-2-5(3-8(15)16)6(4-13)9(14-7)10(11)12/h2,10H,3H2,1H3,(H,15,16). The first-order valence-electron chi connectivity index (χ1n) is 4.47. The number of carboxylic acids is 1. The predicted octanol–water partition coefficient (Wildman–Crippen LogP) is 1.53. The fraction of sp³-hybridized carbons (Fsp3) is 0.300. The van der Waals surface area contributed by atoms with Crippen molar-refractivity contribution in [1.82, 2.24) is 4.98 Å². The van der Waals surface area contributed by atoms with Crippen LogP contribution in [0.25, 0.3) is 0 Å². The van der Waals surface area contributed by atoms with Crippen molar-refractivity contribution in [3.8, 4) is 11.9 Å². The Balaban J connectivity index is 3.40. The molecule has 0 unspecified atom stereocenters. The van der Waals surface area contributed by atoms with E-state index in [0.29, 0.717) is 0 Å². The van der Waals surface area contributed by atoms with E-state index in [1.165, 1.54) is 13.2 Å². The number of alkyl halides is 2. The zero-order valence-electron chi connectivity index (χ0n) is 8.78. The lowest BCUT2D eigenvalue weighted by Gasteiger charge is -2.09. The number of nitrogens with zero attached hydrogens (tertiary/aromatic N) is 2. The minimum atomic E-state index is -2.97. The number of hydrogen-bond donors (Lipinski definition) is 1. The number of carbonyl (C=O) groups is 1. The molecule has 1 aromatic heterocycles. The van der Waals surface area contributed by atoms with E-state index in [1.807, 2.05) is 0 Å². The Labute approximate surface area is 95.3 Å². The molecule has 0 amide bonds. The van der Waals surface area contributed by atoms with E-state index in [9.17, 15) is 13.6 Å². The average Bonchev–Trinajstić information content (AvgIpc) is 2.26. The maximum atomic E-state index is 12.6. The molecule has 1 aromatic rings. The van der Waals surface area contributed by atoms with Crippen LogP contribution >= 0.6 is 0 Å². The number of halogens is 2. The van der Waals surface area contributed by atoms with Crippen molar-refractivity contribution in [2.75, 3.05) is 7.11 Å². The van der Waals surface area contributed by atoms with Gasteiger partial charge in [-0.3, -0.25) is 4.79 Å². The minimum absolute atomic E-state index is 0.0397. The zero-order valence-corrected chi connectivity index (χ0v) is 8.78. The Kier molecular flexibility index (Phi) is 3.93. The van der Waals surface area contributed by atoms with Crippen LogP contribution in [0.4, 0.5) is 8.78 Å². The molecule has 17 heavy (non-hydrogen) atoms. The van der Waals surface area contributed by atoms with Crippen LogP contribution in [-0.2, 0) is 11.2 Å². The normalized spacial score (nSPS) is 10.1. The fourth-order valence-corrected chi connectivity index (χ4v) is 1.29. The number of aromatic nitrogens is 1. The molecule has 0 aliphatic carbocycles. The molecule has 0 fully saturated rings. The van der Waals surface area contributed by atoms with Gasteiger partial charge in [-0.05, 0) is 5.56 Å². The molecule has 0 aliphatic heterocycles. The third-order valence-corrected chi connectivity index (χ3v) is 1.97. The maximum absolute atomic E-state index is 12.6. The molecular formula is C10H8F2N2O3. The molecule has 0 aliphatic rings. The van der Waals surface area contributed by atoms with Crippen LogP contribution in [0.3, 0.4) is 0 Å². The van der Waals surface area contributed by atoms with Crippen molar-refractivity contribution in [3.63, 3.8) is 0 Å². The van der Waals surface area contributed by atoms with E-state index in [2.05, 4.69) is 9.72 Å². The van der Waals surface area contributed by atoms with Crippen LogP contribution in [0.1, 0.15) is 23.2 Å². The van der Waals surface area contributed by atoms with E-state index in [1.54, 1.807) is 6.07 Å². The number of ether oxygens (including phenoxy) is 1. The Morgan fingerprint density at radius 1 is 1.71 bits per heavy atom. The summed E-state index contributed by atoms with van der Waals surface area (Å²) in [5, 5.41) is 17.4. The summed E-state index contributed by atoms with van der Waals surface area (Å²) in [4.78, 5) is 14.0. The van der Waals surface area contributed by atoms with E-state index in [4.69, 9.17) is 10.4 Å². The predicted molar refractivity (Wildman–Crippen MR) is 51.8 cm³/mol. The Bertz CT molecular complexity index is 483. The third kappa shape index (κ3) is 2.87. The van der Waals surface area contributed by atoms with Gasteiger partial charge in [0, 0.05) is 6.07 Å². The number of rotatable bonds is 4. The van der Waals surface area contributed by atoms with Crippen LogP contribution in [0.15, 0.2) is 6.07 Å². The van der Waals surface area contributed by atoms with Gasteiger partial charge in [-0.25, -0.2) is 13.8 Å². The van der Waals surface area contributed by atoms with Gasteiger partial charge in [-0.2, -0.15) is 5.26 Å². The van der Waals surface area contributed by atoms with E-state index < -0.39 is 30.1 Å². The van der Waals surface area contributed by atoms with Gasteiger partial charge in [0.25, 0.3) is 6.43 Å². The van der Waals surface area contributed by atoms with Crippen molar-refractivity contribution in [1.29, 1.82) is 5.26 Å². The van der Waals surface area contributed by atoms with Gasteiger partial charge < -0.3 is 9.84 Å². The van der Waals surface area contributed by atoms with Crippen molar-refractivity contribution < 1.29 is 23.4 Å². The molecule has 0 aromatic carbocycles. The van der Waals surface area contributed by atoms with E-state index in [-0.39, 0.29) is 11.4 Å². The smallest absolute Gasteiger partial charge is 0.307 e. The van der Waals surface area contributed by atoms with Crippen LogP contribution in [0.2, 0.25) is 0 Å². The number of pyridine rings is 1. The molecule has 0 saturated heterocycles. The lowest BCUT2D eigenvalue weighted by molar-refractivity contribution is -0.136. The van der Waals surface area contributed by atoms with Gasteiger partial charge >= 0.3 is 5.97 Å². The number of methoxy groups -OCH3 is 1. The summed E-state index contributed by atoms with van der Waals surface area (Å²) in [5.74, 6) is -1.37. The van der Waals surface area contributed by atoms with E-state index in [0.717, 1.165) is 0 Å². The second kappa shape index (κ2) is 5.21. The summed E-state index contributed by atoms with van der Waals surface area (Å²) in [5.41, 5.74) is -1.21. The Hall–Kier alpha value is -2.23. The first-order valence-corrected chi connectivity index (χ1v) is 4.47. The van der Waals surface area contributed by atoms with Gasteiger partial charge in [0.15, 0.2) is 0 Å². The first-order chi connectivity index (χ1) is 7.99. The molecular weight excluding hydrogens is 234 g/mol. The topological polar surface area (TPSA) is 83.2 Å². The van der Waals surface area contributed by atoms with Gasteiger partial charge in [-0.15, -0.1) is 0 Å². The van der Waals surface area contributed by atoms with Crippen LogP contribution in [-0.4, -0.2) is 23.2 Å². The van der Waals surface area contributed by atoms with Crippen LogP contribution in [0.5, 0.6) is 5.88 Å². The number of nitriles is 1. The molecule has 1 heterocycles.